The van der Waals surface area contributed by atoms with Gasteiger partial charge in [-0.15, -0.1) is 0 Å². The van der Waals surface area contributed by atoms with Gasteiger partial charge in [-0.1, -0.05) is 44.7 Å². The number of nitrogens with zero attached hydrogens (tertiary/aromatic N) is 2. The fourth-order valence-electron chi connectivity index (χ4n) is 2.59. The largest absolute Gasteiger partial charge is 0.389 e. The lowest BCUT2D eigenvalue weighted by atomic mass is 9.87. The monoisotopic (exact) mass is 399 g/mol. The minimum absolute atomic E-state index is 0.0343. The number of nitro groups is 2. The van der Waals surface area contributed by atoms with Crippen LogP contribution in [0.4, 0.5) is 11.4 Å². The molecule has 1 aromatic carbocycles. The van der Waals surface area contributed by atoms with E-state index in [1.165, 1.54) is 0 Å². The fourth-order valence-corrected chi connectivity index (χ4v) is 2.99. The second kappa shape index (κ2) is 8.10. The van der Waals surface area contributed by atoms with Crippen LogP contribution >= 0.6 is 24.4 Å². The zero-order valence-electron chi connectivity index (χ0n) is 14.0. The highest BCUT2D eigenvalue weighted by molar-refractivity contribution is 7.81. The zero-order valence-corrected chi connectivity index (χ0v) is 15.6. The molecule has 0 radical (unpaired) electrons. The van der Waals surface area contributed by atoms with Crippen LogP contribution in [-0.2, 0) is 6.42 Å². The van der Waals surface area contributed by atoms with Crippen molar-refractivity contribution in [3.05, 3.63) is 42.5 Å². The summed E-state index contributed by atoms with van der Waals surface area (Å²) in [6.45, 7) is 3.58. The molecule has 10 nitrogen and oxygen atoms in total. The first-order chi connectivity index (χ1) is 11.9. The Bertz CT molecular complexity index is 787. The maximum absolute atomic E-state index is 11.9. The molecule has 0 aliphatic rings. The summed E-state index contributed by atoms with van der Waals surface area (Å²) in [6.07, 6.45) is 0.560. The molecule has 0 heterocycles. The van der Waals surface area contributed by atoms with Crippen LogP contribution in [0, 0.1) is 26.1 Å². The van der Waals surface area contributed by atoms with Gasteiger partial charge in [0.25, 0.3) is 17.3 Å². The van der Waals surface area contributed by atoms with Crippen LogP contribution in [0.5, 0.6) is 0 Å². The number of thiocarbonyl (C=S) groups is 2. The first-order valence-corrected chi connectivity index (χ1v) is 8.18. The first kappa shape index (κ1) is 21.3. The van der Waals surface area contributed by atoms with Crippen LogP contribution in [0.2, 0.25) is 0 Å². The third kappa shape index (κ3) is 3.91. The molecule has 0 aliphatic heterocycles. The molecule has 0 spiro atoms. The summed E-state index contributed by atoms with van der Waals surface area (Å²) >= 11 is 9.69. The van der Waals surface area contributed by atoms with Crippen molar-refractivity contribution < 1.29 is 14.6 Å². The Balaban J connectivity index is 4.32. The Morgan fingerprint density at radius 1 is 1.00 bits per heavy atom. The summed E-state index contributed by atoms with van der Waals surface area (Å²) in [6, 6.07) is 0. The quantitative estimate of drug-likeness (QED) is 0.331. The van der Waals surface area contributed by atoms with Crippen molar-refractivity contribution in [2.75, 3.05) is 0 Å². The standard InChI is InChI=1S/C14H17N5O5S2/c1-3-5(2)4-6-10(18(21)22)8(13(16)25)7(12(15)20)9(14(17)26)11(6)19(23)24/h5H,3-4H2,1-2H3,(H2,15,20)(H2,16,25)(H2,17,26). The van der Waals surface area contributed by atoms with E-state index in [4.69, 9.17) is 41.6 Å². The van der Waals surface area contributed by atoms with Crippen LogP contribution < -0.4 is 17.2 Å². The second-order valence-corrected chi connectivity index (χ2v) is 6.50. The molecule has 1 atom stereocenters. The van der Waals surface area contributed by atoms with Gasteiger partial charge < -0.3 is 17.2 Å². The molecular weight excluding hydrogens is 382 g/mol. The van der Waals surface area contributed by atoms with Crippen molar-refractivity contribution in [2.24, 2.45) is 23.1 Å². The van der Waals surface area contributed by atoms with Gasteiger partial charge in [-0.2, -0.15) is 0 Å². The molecule has 0 aliphatic carbocycles. The Morgan fingerprint density at radius 3 is 1.62 bits per heavy atom. The van der Waals surface area contributed by atoms with Crippen molar-refractivity contribution >= 4 is 51.7 Å². The van der Waals surface area contributed by atoms with Gasteiger partial charge in [0, 0.05) is 0 Å². The summed E-state index contributed by atoms with van der Waals surface area (Å²) in [5.74, 6) is -1.36. The number of carbonyl (C=O) groups excluding carboxylic acids is 1. The Kier molecular flexibility index (Phi) is 6.64. The molecule has 26 heavy (non-hydrogen) atoms. The maximum Gasteiger partial charge on any atom is 0.290 e. The normalized spacial score (nSPS) is 11.6. The Labute approximate surface area is 159 Å². The number of nitrogens with two attached hydrogens (primary N) is 3. The smallest absolute Gasteiger partial charge is 0.290 e. The Hall–Kier alpha value is -2.73. The molecule has 0 saturated carbocycles. The van der Waals surface area contributed by atoms with E-state index >= 15 is 0 Å². The predicted molar refractivity (Wildman–Crippen MR) is 103 cm³/mol. The third-order valence-corrected chi connectivity index (χ3v) is 4.31. The SMILES string of the molecule is CCC(C)Cc1c([N+](=O)[O-])c(C(N)=S)c(C(N)=O)c(C(N)=S)c1[N+](=O)[O-]. The van der Waals surface area contributed by atoms with Gasteiger partial charge in [0.1, 0.15) is 26.7 Å². The third-order valence-electron chi connectivity index (χ3n) is 3.90. The maximum atomic E-state index is 11.9. The molecule has 6 N–H and O–H groups in total. The second-order valence-electron chi connectivity index (χ2n) is 5.63. The molecular formula is C14H17N5O5S2. The van der Waals surface area contributed by atoms with Crippen molar-refractivity contribution in [1.29, 1.82) is 0 Å². The van der Waals surface area contributed by atoms with Gasteiger partial charge in [-0.3, -0.25) is 25.0 Å². The lowest BCUT2D eigenvalue weighted by Gasteiger charge is -2.17. The van der Waals surface area contributed by atoms with Crippen LogP contribution in [0.3, 0.4) is 0 Å². The lowest BCUT2D eigenvalue weighted by molar-refractivity contribution is -0.395. The highest BCUT2D eigenvalue weighted by Gasteiger charge is 2.40. The summed E-state index contributed by atoms with van der Waals surface area (Å²) in [4.78, 5) is 32.6. The van der Waals surface area contributed by atoms with Gasteiger partial charge in [0.15, 0.2) is 0 Å². The van der Waals surface area contributed by atoms with E-state index in [0.717, 1.165) is 0 Å². The molecule has 140 valence electrons. The van der Waals surface area contributed by atoms with Crippen molar-refractivity contribution in [3.63, 3.8) is 0 Å². The van der Waals surface area contributed by atoms with Crippen LogP contribution in [0.1, 0.15) is 47.3 Å². The first-order valence-electron chi connectivity index (χ1n) is 7.36. The minimum Gasteiger partial charge on any atom is -0.389 e. The number of benzene rings is 1. The zero-order chi connectivity index (χ0) is 20.3. The molecule has 1 rings (SSSR count). The fraction of sp³-hybridized carbons (Fsp3) is 0.357. The highest BCUT2D eigenvalue weighted by atomic mass is 32.1. The number of primary amides is 1. The Morgan fingerprint density at radius 2 is 1.38 bits per heavy atom. The van der Waals surface area contributed by atoms with E-state index in [1.807, 2.05) is 6.92 Å². The summed E-state index contributed by atoms with van der Waals surface area (Å²) in [5, 5.41) is 23.4. The molecule has 0 fully saturated rings. The number of hydrogen-bond donors (Lipinski definition) is 3. The predicted octanol–water partition coefficient (Wildman–Crippen LogP) is 1.46. The summed E-state index contributed by atoms with van der Waals surface area (Å²) in [5.41, 5.74) is 13.2. The van der Waals surface area contributed by atoms with Crippen LogP contribution in [0.25, 0.3) is 0 Å². The van der Waals surface area contributed by atoms with E-state index in [1.54, 1.807) is 6.92 Å². The molecule has 0 bridgehead atoms. The van der Waals surface area contributed by atoms with Crippen molar-refractivity contribution in [2.45, 2.75) is 26.7 Å². The summed E-state index contributed by atoms with van der Waals surface area (Å²) < 4.78 is 0. The molecule has 0 saturated heterocycles. The van der Waals surface area contributed by atoms with Gasteiger partial charge in [-0.25, -0.2) is 0 Å². The average molecular weight is 399 g/mol. The molecule has 0 aromatic heterocycles. The van der Waals surface area contributed by atoms with Gasteiger partial charge in [-0.05, 0) is 12.3 Å². The van der Waals surface area contributed by atoms with Crippen LogP contribution in [-0.4, -0.2) is 25.7 Å². The van der Waals surface area contributed by atoms with E-state index in [-0.39, 0.29) is 17.9 Å². The number of hydrogen-bond acceptors (Lipinski definition) is 7. The van der Waals surface area contributed by atoms with Gasteiger partial charge in [0.05, 0.1) is 15.4 Å². The molecule has 12 heteroatoms. The van der Waals surface area contributed by atoms with E-state index in [2.05, 4.69) is 0 Å². The average Bonchev–Trinajstić information content (AvgIpc) is 2.51. The lowest BCUT2D eigenvalue weighted by Crippen LogP contribution is -2.29. The van der Waals surface area contributed by atoms with Gasteiger partial charge in [0.2, 0.25) is 0 Å². The van der Waals surface area contributed by atoms with E-state index in [0.29, 0.717) is 6.42 Å². The molecule has 1 amide bonds. The van der Waals surface area contributed by atoms with Crippen LogP contribution in [0.15, 0.2) is 0 Å². The van der Waals surface area contributed by atoms with Crippen molar-refractivity contribution in [1.82, 2.24) is 0 Å². The van der Waals surface area contributed by atoms with E-state index in [9.17, 15) is 25.0 Å². The summed E-state index contributed by atoms with van der Waals surface area (Å²) in [7, 11) is 0. The van der Waals surface area contributed by atoms with Crippen molar-refractivity contribution in [3.8, 4) is 0 Å². The number of amides is 1. The minimum atomic E-state index is -1.21. The number of nitro benzene ring substituents is 2. The topological polar surface area (TPSA) is 181 Å². The number of rotatable bonds is 8. The molecule has 1 unspecified atom stereocenters. The number of carbonyl (C=O) groups is 1. The van der Waals surface area contributed by atoms with E-state index < -0.39 is 53.8 Å². The highest BCUT2D eigenvalue weighted by Crippen LogP contribution is 2.40. The molecule has 1 aromatic rings. The van der Waals surface area contributed by atoms with Gasteiger partial charge >= 0.3 is 0 Å².